The van der Waals surface area contributed by atoms with Gasteiger partial charge in [0.15, 0.2) is 0 Å². The van der Waals surface area contributed by atoms with Crippen LogP contribution in [-0.4, -0.2) is 46.9 Å². The fraction of sp³-hybridized carbons (Fsp3) is 0.759. The molecule has 0 aromatic rings. The molecule has 0 bridgehead atoms. The number of hydrogen-bond acceptors (Lipinski definition) is 5. The average Bonchev–Trinajstić information content (AvgIpc) is 3.29. The van der Waals surface area contributed by atoms with Crippen molar-refractivity contribution in [3.63, 3.8) is 0 Å². The van der Waals surface area contributed by atoms with E-state index < -0.39 is 18.2 Å². The summed E-state index contributed by atoms with van der Waals surface area (Å²) in [6.45, 7) is 6.35. The van der Waals surface area contributed by atoms with Gasteiger partial charge in [0.25, 0.3) is 0 Å². The van der Waals surface area contributed by atoms with E-state index in [9.17, 15) is 19.8 Å². The van der Waals surface area contributed by atoms with E-state index in [2.05, 4.69) is 92.9 Å². The molecule has 0 fully saturated rings. The fourth-order valence-corrected chi connectivity index (χ4v) is 7.99. The fourth-order valence-electron chi connectivity index (χ4n) is 7.99. The maximum absolute atomic E-state index is 13.2. The summed E-state index contributed by atoms with van der Waals surface area (Å²) in [5, 5.41) is 23.8. The minimum Gasteiger partial charge on any atom is -0.462 e. The molecule has 0 heterocycles. The predicted octanol–water partition coefficient (Wildman–Crippen LogP) is 16.6. The monoisotopic (exact) mass is 894 g/mol. The second-order valence-electron chi connectivity index (χ2n) is 18.3. The highest BCUT2D eigenvalue weighted by atomic mass is 16.5. The number of allylic oxidation sites excluding steroid dienone is 12. The van der Waals surface area contributed by atoms with Crippen LogP contribution in [0.1, 0.15) is 258 Å². The van der Waals surface area contributed by atoms with Gasteiger partial charge in [-0.1, -0.05) is 254 Å². The SMILES string of the molecule is CC/C=C\C/C=C\C/C=C\C/C=C\C/C=C\C/C=C\CCC(=O)OC(CCCCCCCCCCC)CC(=O)NC(CO)C(O)CCCCCCCCCCCCCCCCCCC. The second kappa shape index (κ2) is 51.3. The van der Waals surface area contributed by atoms with Crippen molar-refractivity contribution in [2.75, 3.05) is 6.61 Å². The maximum Gasteiger partial charge on any atom is 0.306 e. The Balaban J connectivity index is 4.52. The number of unbranched alkanes of at least 4 members (excludes halogenated alkanes) is 24. The molecule has 0 spiro atoms. The second-order valence-corrected chi connectivity index (χ2v) is 18.3. The van der Waals surface area contributed by atoms with Crippen LogP contribution < -0.4 is 5.32 Å². The zero-order valence-corrected chi connectivity index (χ0v) is 42.1. The molecule has 6 heteroatoms. The van der Waals surface area contributed by atoms with E-state index in [0.717, 1.165) is 77.0 Å². The third-order valence-corrected chi connectivity index (χ3v) is 12.1. The van der Waals surface area contributed by atoms with Crippen LogP contribution in [0.15, 0.2) is 72.9 Å². The number of amides is 1. The van der Waals surface area contributed by atoms with Gasteiger partial charge in [-0.3, -0.25) is 9.59 Å². The molecule has 0 saturated heterocycles. The largest absolute Gasteiger partial charge is 0.462 e. The zero-order chi connectivity index (χ0) is 46.7. The lowest BCUT2D eigenvalue weighted by molar-refractivity contribution is -0.150. The van der Waals surface area contributed by atoms with Crippen LogP contribution in [0.3, 0.4) is 0 Å². The van der Waals surface area contributed by atoms with Crippen LogP contribution >= 0.6 is 0 Å². The van der Waals surface area contributed by atoms with Gasteiger partial charge in [0.1, 0.15) is 6.10 Å². The van der Waals surface area contributed by atoms with E-state index in [0.29, 0.717) is 19.3 Å². The van der Waals surface area contributed by atoms with E-state index in [4.69, 9.17) is 4.74 Å². The van der Waals surface area contributed by atoms with Crippen LogP contribution in [0.2, 0.25) is 0 Å². The molecule has 64 heavy (non-hydrogen) atoms. The van der Waals surface area contributed by atoms with Crippen LogP contribution in [0.5, 0.6) is 0 Å². The summed E-state index contributed by atoms with van der Waals surface area (Å²) >= 11 is 0. The van der Waals surface area contributed by atoms with Crippen molar-refractivity contribution in [2.24, 2.45) is 0 Å². The third-order valence-electron chi connectivity index (χ3n) is 12.1. The first-order valence-electron chi connectivity index (χ1n) is 27.2. The molecular weight excluding hydrogens is 791 g/mol. The number of rotatable bonds is 48. The van der Waals surface area contributed by atoms with Crippen molar-refractivity contribution in [3.05, 3.63) is 72.9 Å². The number of aliphatic hydroxyl groups excluding tert-OH is 2. The van der Waals surface area contributed by atoms with Crippen molar-refractivity contribution in [1.29, 1.82) is 0 Å². The summed E-state index contributed by atoms with van der Waals surface area (Å²) in [7, 11) is 0. The van der Waals surface area contributed by atoms with E-state index in [1.807, 2.05) is 6.08 Å². The zero-order valence-electron chi connectivity index (χ0n) is 42.1. The van der Waals surface area contributed by atoms with Crippen molar-refractivity contribution in [2.45, 2.75) is 277 Å². The quantitative estimate of drug-likeness (QED) is 0.0321. The Morgan fingerprint density at radius 3 is 1.19 bits per heavy atom. The summed E-state index contributed by atoms with van der Waals surface area (Å²) in [5.74, 6) is -0.572. The number of carbonyl (C=O) groups is 2. The topological polar surface area (TPSA) is 95.9 Å². The smallest absolute Gasteiger partial charge is 0.306 e. The standard InChI is InChI=1S/C58H103NO5/c1-4-7-10-13-16-19-21-23-25-27-28-30-32-34-36-39-42-45-48-51-58(63)64-54(49-46-43-40-37-18-15-12-9-6-3)52-57(62)59-55(53-60)56(61)50-47-44-41-38-35-33-31-29-26-24-22-20-17-14-11-8-5-2/h7,10,16,19,23,25,28,30,34,36,42,45,54-56,60-61H,4-6,8-9,11-15,17-18,20-22,24,26-27,29,31-33,35,37-41,43-44,46-53H2,1-3H3,(H,59,62)/b10-7-,19-16-,25-23-,30-28-,36-34-,45-42-. The highest BCUT2D eigenvalue weighted by molar-refractivity contribution is 5.77. The molecule has 3 N–H and O–H groups in total. The number of hydrogen-bond donors (Lipinski definition) is 3. The Bertz CT molecular complexity index is 1190. The normalized spacial score (nSPS) is 13.8. The number of esters is 1. The molecule has 0 aliphatic rings. The van der Waals surface area contributed by atoms with Crippen molar-refractivity contribution >= 4 is 11.9 Å². The minimum absolute atomic E-state index is 0.0466. The number of ether oxygens (including phenoxy) is 1. The van der Waals surface area contributed by atoms with Gasteiger partial charge in [-0.25, -0.2) is 0 Å². The lowest BCUT2D eigenvalue weighted by Gasteiger charge is -2.24. The first-order valence-corrected chi connectivity index (χ1v) is 27.2. The van der Waals surface area contributed by atoms with Gasteiger partial charge < -0.3 is 20.3 Å². The molecule has 1 amide bonds. The molecule has 6 nitrogen and oxygen atoms in total. The molecule has 370 valence electrons. The summed E-state index contributed by atoms with van der Waals surface area (Å²) in [5.41, 5.74) is 0. The van der Waals surface area contributed by atoms with Crippen LogP contribution in [-0.2, 0) is 14.3 Å². The van der Waals surface area contributed by atoms with E-state index in [1.165, 1.54) is 128 Å². The number of carbonyl (C=O) groups excluding carboxylic acids is 2. The molecule has 0 aromatic carbocycles. The molecule has 0 aromatic heterocycles. The van der Waals surface area contributed by atoms with Gasteiger partial charge >= 0.3 is 5.97 Å². The Hall–Kier alpha value is -2.70. The van der Waals surface area contributed by atoms with Gasteiger partial charge in [0.2, 0.25) is 5.91 Å². The molecule has 0 rings (SSSR count). The molecule has 3 unspecified atom stereocenters. The van der Waals surface area contributed by atoms with Crippen molar-refractivity contribution in [3.8, 4) is 0 Å². The lowest BCUT2D eigenvalue weighted by atomic mass is 10.0. The van der Waals surface area contributed by atoms with Gasteiger partial charge in [-0.05, 0) is 64.2 Å². The number of nitrogens with one attached hydrogen (secondary N) is 1. The van der Waals surface area contributed by atoms with E-state index in [-0.39, 0.29) is 31.3 Å². The van der Waals surface area contributed by atoms with E-state index in [1.54, 1.807) is 0 Å². The van der Waals surface area contributed by atoms with Crippen molar-refractivity contribution in [1.82, 2.24) is 5.32 Å². The van der Waals surface area contributed by atoms with E-state index >= 15 is 0 Å². The maximum atomic E-state index is 13.2. The molecule has 0 saturated carbocycles. The minimum atomic E-state index is -0.801. The first-order chi connectivity index (χ1) is 31.5. The van der Waals surface area contributed by atoms with Gasteiger partial charge in [-0.2, -0.15) is 0 Å². The summed E-state index contributed by atoms with van der Waals surface area (Å²) in [4.78, 5) is 26.1. The molecular formula is C58H103NO5. The molecule has 3 atom stereocenters. The van der Waals surface area contributed by atoms with Crippen molar-refractivity contribution < 1.29 is 24.5 Å². The lowest BCUT2D eigenvalue weighted by Crippen LogP contribution is -2.46. The Labute approximate surface area is 396 Å². The summed E-state index contributed by atoms with van der Waals surface area (Å²) in [6, 6.07) is -0.717. The Kier molecular flexibility index (Phi) is 49.1. The Morgan fingerprint density at radius 1 is 0.469 bits per heavy atom. The number of aliphatic hydroxyl groups is 2. The Morgan fingerprint density at radius 2 is 0.812 bits per heavy atom. The molecule has 0 aliphatic carbocycles. The average molecular weight is 894 g/mol. The highest BCUT2D eigenvalue weighted by Gasteiger charge is 2.24. The van der Waals surface area contributed by atoms with Crippen LogP contribution in [0.25, 0.3) is 0 Å². The van der Waals surface area contributed by atoms with Crippen LogP contribution in [0, 0.1) is 0 Å². The molecule has 0 radical (unpaired) electrons. The van der Waals surface area contributed by atoms with Gasteiger partial charge in [-0.15, -0.1) is 0 Å². The predicted molar refractivity (Wildman–Crippen MR) is 278 cm³/mol. The highest BCUT2D eigenvalue weighted by Crippen LogP contribution is 2.18. The summed E-state index contributed by atoms with van der Waals surface area (Å²) in [6.07, 6.45) is 65.5. The summed E-state index contributed by atoms with van der Waals surface area (Å²) < 4.78 is 5.88. The van der Waals surface area contributed by atoms with Gasteiger partial charge in [0, 0.05) is 6.42 Å². The van der Waals surface area contributed by atoms with Crippen LogP contribution in [0.4, 0.5) is 0 Å². The van der Waals surface area contributed by atoms with Gasteiger partial charge in [0.05, 0.1) is 25.2 Å². The first kappa shape index (κ1) is 61.3. The molecule has 0 aliphatic heterocycles. The third kappa shape index (κ3) is 45.9.